The largest absolute Gasteiger partial charge is 0.299 e. The molecule has 0 saturated heterocycles. The van der Waals surface area contributed by atoms with E-state index in [9.17, 15) is 14.4 Å². The van der Waals surface area contributed by atoms with E-state index in [0.717, 1.165) is 17.3 Å². The molecule has 0 saturated carbocycles. The lowest BCUT2D eigenvalue weighted by molar-refractivity contribution is -0.117. The predicted molar refractivity (Wildman–Crippen MR) is 152 cm³/mol. The predicted octanol–water partition coefficient (Wildman–Crippen LogP) is 7.54. The van der Waals surface area contributed by atoms with Gasteiger partial charge < -0.3 is 0 Å². The Balaban J connectivity index is 4.97. The molecule has 0 spiro atoms. The van der Waals surface area contributed by atoms with Crippen molar-refractivity contribution in [3.63, 3.8) is 0 Å². The molecule has 0 aromatic rings. The molecule has 3 nitrogen and oxygen atoms in total. The van der Waals surface area contributed by atoms with Crippen molar-refractivity contribution < 1.29 is 14.4 Å². The van der Waals surface area contributed by atoms with Crippen molar-refractivity contribution in [2.75, 3.05) is 17.3 Å². The molecule has 0 bridgehead atoms. The Morgan fingerprint density at radius 2 is 0.875 bits per heavy atom. The van der Waals surface area contributed by atoms with Gasteiger partial charge in [0.2, 0.25) is 0 Å². The molecule has 0 rings (SSSR count). The molecule has 0 heterocycles. The molecule has 0 aromatic carbocycles. The maximum atomic E-state index is 11.6. The average Bonchev–Trinajstić information content (AvgIpc) is 2.74. The van der Waals surface area contributed by atoms with E-state index in [0.29, 0.717) is 0 Å². The van der Waals surface area contributed by atoms with Gasteiger partial charge in [0.25, 0.3) is 0 Å². The summed E-state index contributed by atoms with van der Waals surface area (Å²) in [6.45, 7) is 13.4. The van der Waals surface area contributed by atoms with E-state index in [4.69, 9.17) is 0 Å². The Kier molecular flexibility index (Phi) is 18.7. The van der Waals surface area contributed by atoms with E-state index in [1.807, 2.05) is 56.1 Å². The Morgan fingerprint density at radius 1 is 0.594 bits per heavy atom. The van der Waals surface area contributed by atoms with Crippen LogP contribution < -0.4 is 0 Å². The lowest BCUT2D eigenvalue weighted by atomic mass is 10.3. The fourth-order valence-electron chi connectivity index (χ4n) is 3.78. The molecule has 32 heavy (non-hydrogen) atoms. The van der Waals surface area contributed by atoms with E-state index in [1.54, 1.807) is 20.8 Å². The number of carbonyl (C=O) groups is 3. The maximum absolute atomic E-state index is 11.6. The van der Waals surface area contributed by atoms with Gasteiger partial charge in [0, 0.05) is 0 Å². The molecule has 0 N–H and O–H groups in total. The van der Waals surface area contributed by atoms with Gasteiger partial charge in [-0.15, -0.1) is 0 Å². The van der Waals surface area contributed by atoms with Crippen molar-refractivity contribution in [2.24, 2.45) is 0 Å². The molecule has 3 unspecified atom stereocenters. The number of thioether (sulfide) groups is 3. The molecule has 0 aliphatic heterocycles. The number of ketones is 3. The zero-order valence-electron chi connectivity index (χ0n) is 21.7. The van der Waals surface area contributed by atoms with Gasteiger partial charge in [-0.1, -0.05) is 43.9 Å². The Labute approximate surface area is 212 Å². The van der Waals surface area contributed by atoms with Crippen LogP contribution in [0.3, 0.4) is 0 Å². The molecule has 3 atom stereocenters. The molecule has 188 valence electrons. The first-order chi connectivity index (χ1) is 15.0. The highest BCUT2D eigenvalue weighted by Crippen LogP contribution is 2.34. The number of hydrogen-bond acceptors (Lipinski definition) is 6. The lowest BCUT2D eigenvalue weighted by Crippen LogP contribution is -2.34. The third-order valence-electron chi connectivity index (χ3n) is 6.44. The zero-order valence-corrected chi connectivity index (χ0v) is 25.1. The summed E-state index contributed by atoms with van der Waals surface area (Å²) in [5, 5.41) is 0.321. The number of carbonyl (C=O) groups excluding carboxylic acids is 3. The van der Waals surface area contributed by atoms with Crippen LogP contribution in [0.5, 0.6) is 0 Å². The first-order valence-electron chi connectivity index (χ1n) is 12.4. The summed E-state index contributed by atoms with van der Waals surface area (Å²) in [5.74, 6) is 4.06. The zero-order chi connectivity index (χ0) is 24.6. The number of Topliss-reactive ketones (excluding diaryl/α,β-unsaturated/α-hetero) is 3. The highest BCUT2D eigenvalue weighted by molar-refractivity contribution is 8.01. The summed E-state index contributed by atoms with van der Waals surface area (Å²) in [5.41, 5.74) is 0. The monoisotopic (exact) mass is 520 g/mol. The summed E-state index contributed by atoms with van der Waals surface area (Å²) in [6.07, 6.45) is 6.21. The third-order valence-corrected chi connectivity index (χ3v) is 16.2. The summed E-state index contributed by atoms with van der Waals surface area (Å²) in [4.78, 5) is 34.7. The fraction of sp³-hybridized carbons (Fsp3) is 0.880. The Morgan fingerprint density at radius 3 is 1.12 bits per heavy atom. The first-order valence-corrected chi connectivity index (χ1v) is 18.4. The Hall–Kier alpha value is 0.277. The van der Waals surface area contributed by atoms with Crippen molar-refractivity contribution in [3.8, 4) is 0 Å². The van der Waals surface area contributed by atoms with E-state index in [2.05, 4.69) is 6.92 Å². The standard InChI is InChI=1S/C25H48O3S3Si/c1-8-9-16-32(17-10-13-29-23(5)20(2)26,18-11-14-30-24(6)21(3)27)19-12-15-31-25(7)22(4)28/h23-25H,8-19H2,1-7H3. The van der Waals surface area contributed by atoms with E-state index in [-0.39, 0.29) is 33.1 Å². The highest BCUT2D eigenvalue weighted by atomic mass is 32.2. The molecular formula is C25H48O3S3Si. The van der Waals surface area contributed by atoms with Crippen LogP contribution in [-0.2, 0) is 14.4 Å². The summed E-state index contributed by atoms with van der Waals surface area (Å²) in [7, 11) is -1.41. The van der Waals surface area contributed by atoms with Gasteiger partial charge in [-0.05, 0) is 78.1 Å². The summed E-state index contributed by atoms with van der Waals surface area (Å²) >= 11 is 5.43. The summed E-state index contributed by atoms with van der Waals surface area (Å²) < 4.78 is 0. The van der Waals surface area contributed by atoms with Crippen molar-refractivity contribution in [1.82, 2.24) is 0 Å². The van der Waals surface area contributed by atoms with Crippen LogP contribution in [0.4, 0.5) is 0 Å². The van der Waals surface area contributed by atoms with Crippen LogP contribution in [0.2, 0.25) is 24.2 Å². The van der Waals surface area contributed by atoms with Gasteiger partial charge in [-0.2, -0.15) is 35.3 Å². The number of unbranched alkanes of at least 4 members (excludes halogenated alkanes) is 1. The fourth-order valence-corrected chi connectivity index (χ4v) is 12.6. The number of hydrogen-bond donors (Lipinski definition) is 0. The van der Waals surface area contributed by atoms with Crippen LogP contribution in [0, 0.1) is 0 Å². The van der Waals surface area contributed by atoms with Crippen LogP contribution in [-0.4, -0.2) is 58.4 Å². The van der Waals surface area contributed by atoms with Crippen molar-refractivity contribution in [1.29, 1.82) is 0 Å². The minimum absolute atomic E-state index is 0.107. The minimum atomic E-state index is -1.41. The molecule has 0 aromatic heterocycles. The molecule has 0 fully saturated rings. The molecule has 0 aliphatic carbocycles. The van der Waals surface area contributed by atoms with Crippen molar-refractivity contribution in [3.05, 3.63) is 0 Å². The molecule has 0 radical (unpaired) electrons. The summed E-state index contributed by atoms with van der Waals surface area (Å²) in [6, 6.07) is 5.45. The van der Waals surface area contributed by atoms with Gasteiger partial charge in [-0.3, -0.25) is 14.4 Å². The van der Waals surface area contributed by atoms with E-state index >= 15 is 0 Å². The van der Waals surface area contributed by atoms with Gasteiger partial charge in [0.05, 0.1) is 23.8 Å². The second-order valence-corrected chi connectivity index (χ2v) is 18.6. The van der Waals surface area contributed by atoms with Gasteiger partial charge in [-0.25, -0.2) is 0 Å². The van der Waals surface area contributed by atoms with Gasteiger partial charge in [0.1, 0.15) is 17.3 Å². The average molecular weight is 521 g/mol. The van der Waals surface area contributed by atoms with Crippen LogP contribution in [0.15, 0.2) is 0 Å². The Bertz CT molecular complexity index is 487. The molecular weight excluding hydrogens is 473 g/mol. The topological polar surface area (TPSA) is 51.2 Å². The van der Waals surface area contributed by atoms with Crippen molar-refractivity contribution >= 4 is 60.7 Å². The molecule has 7 heteroatoms. The van der Waals surface area contributed by atoms with E-state index in [1.165, 1.54) is 56.3 Å². The smallest absolute Gasteiger partial charge is 0.142 e. The van der Waals surface area contributed by atoms with Crippen molar-refractivity contribution in [2.45, 2.75) is 120 Å². The first kappa shape index (κ1) is 32.3. The lowest BCUT2D eigenvalue weighted by Gasteiger charge is -2.33. The van der Waals surface area contributed by atoms with Crippen LogP contribution in [0.25, 0.3) is 0 Å². The second-order valence-electron chi connectivity index (χ2n) is 9.29. The van der Waals surface area contributed by atoms with Crippen LogP contribution in [0.1, 0.15) is 80.6 Å². The van der Waals surface area contributed by atoms with Gasteiger partial charge in [0.15, 0.2) is 0 Å². The second kappa shape index (κ2) is 18.6. The highest BCUT2D eigenvalue weighted by Gasteiger charge is 2.31. The molecule has 0 aliphatic rings. The molecule has 0 amide bonds. The minimum Gasteiger partial charge on any atom is -0.299 e. The van der Waals surface area contributed by atoms with Crippen LogP contribution >= 0.6 is 35.3 Å². The normalized spacial score (nSPS) is 16.2. The number of rotatable bonds is 21. The maximum Gasteiger partial charge on any atom is 0.142 e. The third kappa shape index (κ3) is 15.2. The quantitative estimate of drug-likeness (QED) is 0.115. The van der Waals surface area contributed by atoms with E-state index < -0.39 is 8.07 Å². The SMILES string of the molecule is CCCC[Si](CCCSC(C)C(C)=O)(CCCSC(C)C(C)=O)CCCSC(C)C(C)=O. The van der Waals surface area contributed by atoms with Gasteiger partial charge >= 0.3 is 0 Å².